The first kappa shape index (κ1) is 13.4. The van der Waals surface area contributed by atoms with Crippen molar-refractivity contribution >= 4 is 11.7 Å². The van der Waals surface area contributed by atoms with Crippen molar-refractivity contribution in [2.75, 3.05) is 32.6 Å². The number of aromatic nitrogens is 1. The number of nitrogens with zero attached hydrogens (tertiary/aromatic N) is 3. The summed E-state index contributed by atoms with van der Waals surface area (Å²) in [6, 6.07) is 3.53. The fourth-order valence-corrected chi connectivity index (χ4v) is 1.48. The molecule has 1 atom stereocenters. The number of hydrogen-bond acceptors (Lipinski definition) is 4. The molecule has 0 saturated carbocycles. The molecule has 5 nitrogen and oxygen atoms in total. The number of rotatable bonds is 4. The van der Waals surface area contributed by atoms with Crippen LogP contribution in [-0.2, 0) is 0 Å². The summed E-state index contributed by atoms with van der Waals surface area (Å²) in [6.07, 6.45) is 1.02. The highest BCUT2D eigenvalue weighted by molar-refractivity contribution is 5.93. The number of likely N-dealkylation sites (N-methyl/N-ethyl adjacent to an activating group) is 1. The van der Waals surface area contributed by atoms with Gasteiger partial charge in [-0.25, -0.2) is 4.98 Å². The van der Waals surface area contributed by atoms with E-state index in [9.17, 15) is 9.90 Å². The van der Waals surface area contributed by atoms with E-state index < -0.39 is 6.10 Å². The fraction of sp³-hybridized carbons (Fsp3) is 0.500. The van der Waals surface area contributed by atoms with Crippen LogP contribution in [0.1, 0.15) is 17.3 Å². The summed E-state index contributed by atoms with van der Waals surface area (Å²) in [7, 11) is 5.45. The SMILES string of the molecule is CC(O)CN(C)C(=O)c1ccc(N(C)C)nc1. The Morgan fingerprint density at radius 2 is 2.06 bits per heavy atom. The summed E-state index contributed by atoms with van der Waals surface area (Å²) in [4.78, 5) is 19.5. The topological polar surface area (TPSA) is 56.7 Å². The molecule has 0 bridgehead atoms. The van der Waals surface area contributed by atoms with E-state index in [0.717, 1.165) is 5.82 Å². The Balaban J connectivity index is 2.76. The quantitative estimate of drug-likeness (QED) is 0.833. The van der Waals surface area contributed by atoms with E-state index in [4.69, 9.17) is 0 Å². The first-order chi connectivity index (χ1) is 7.91. The van der Waals surface area contributed by atoms with Crippen LogP contribution in [0, 0.1) is 0 Å². The maximum Gasteiger partial charge on any atom is 0.255 e. The Kier molecular flexibility index (Phi) is 4.45. The molecule has 0 aliphatic rings. The number of amides is 1. The lowest BCUT2D eigenvalue weighted by molar-refractivity contribution is 0.0703. The Bertz CT molecular complexity index is 374. The van der Waals surface area contributed by atoms with Gasteiger partial charge in [0.15, 0.2) is 0 Å². The summed E-state index contributed by atoms with van der Waals surface area (Å²) in [5.41, 5.74) is 0.527. The van der Waals surface area contributed by atoms with Gasteiger partial charge in [0.05, 0.1) is 11.7 Å². The second kappa shape index (κ2) is 5.63. The van der Waals surface area contributed by atoms with Crippen LogP contribution < -0.4 is 4.90 Å². The van der Waals surface area contributed by atoms with Crippen molar-refractivity contribution < 1.29 is 9.90 Å². The van der Waals surface area contributed by atoms with Crippen molar-refractivity contribution in [3.05, 3.63) is 23.9 Å². The van der Waals surface area contributed by atoms with E-state index in [1.54, 1.807) is 32.3 Å². The van der Waals surface area contributed by atoms with Gasteiger partial charge in [-0.05, 0) is 19.1 Å². The second-order valence-electron chi connectivity index (χ2n) is 4.33. The second-order valence-corrected chi connectivity index (χ2v) is 4.33. The first-order valence-electron chi connectivity index (χ1n) is 5.48. The van der Waals surface area contributed by atoms with E-state index in [1.807, 2.05) is 19.0 Å². The van der Waals surface area contributed by atoms with Crippen LogP contribution >= 0.6 is 0 Å². The smallest absolute Gasteiger partial charge is 0.255 e. The molecule has 0 fully saturated rings. The van der Waals surface area contributed by atoms with Gasteiger partial charge in [-0.3, -0.25) is 4.79 Å². The van der Waals surface area contributed by atoms with E-state index in [1.165, 1.54) is 4.90 Å². The molecule has 1 amide bonds. The monoisotopic (exact) mass is 237 g/mol. The molecule has 0 saturated heterocycles. The van der Waals surface area contributed by atoms with Crippen molar-refractivity contribution in [2.45, 2.75) is 13.0 Å². The van der Waals surface area contributed by atoms with Crippen LogP contribution in [0.2, 0.25) is 0 Å². The molecule has 17 heavy (non-hydrogen) atoms. The number of hydrogen-bond donors (Lipinski definition) is 1. The van der Waals surface area contributed by atoms with Crippen molar-refractivity contribution in [3.63, 3.8) is 0 Å². The standard InChI is InChI=1S/C12H19N3O2/c1-9(16)8-15(4)12(17)10-5-6-11(13-7-10)14(2)3/h5-7,9,16H,8H2,1-4H3. The van der Waals surface area contributed by atoms with Crippen LogP contribution in [0.5, 0.6) is 0 Å². The zero-order chi connectivity index (χ0) is 13.0. The predicted octanol–water partition coefficient (Wildman–Crippen LogP) is 0.600. The van der Waals surface area contributed by atoms with E-state index in [2.05, 4.69) is 4.98 Å². The Hall–Kier alpha value is -1.62. The molecule has 94 valence electrons. The summed E-state index contributed by atoms with van der Waals surface area (Å²) in [5.74, 6) is 0.670. The van der Waals surface area contributed by atoms with Crippen LogP contribution in [0.15, 0.2) is 18.3 Å². The average Bonchev–Trinajstić information content (AvgIpc) is 2.27. The van der Waals surface area contributed by atoms with Crippen molar-refractivity contribution in [3.8, 4) is 0 Å². The maximum absolute atomic E-state index is 11.9. The molecule has 0 spiro atoms. The lowest BCUT2D eigenvalue weighted by atomic mass is 10.2. The van der Waals surface area contributed by atoms with Gasteiger partial charge in [0, 0.05) is 33.9 Å². The summed E-state index contributed by atoms with van der Waals surface area (Å²) < 4.78 is 0. The van der Waals surface area contributed by atoms with E-state index in [0.29, 0.717) is 12.1 Å². The Labute approximate surface area is 102 Å². The molecule has 1 rings (SSSR count). The molecular formula is C12H19N3O2. The number of carbonyl (C=O) groups excluding carboxylic acids is 1. The third-order valence-corrected chi connectivity index (χ3v) is 2.34. The highest BCUT2D eigenvalue weighted by atomic mass is 16.3. The van der Waals surface area contributed by atoms with Gasteiger partial charge in [-0.2, -0.15) is 0 Å². The predicted molar refractivity (Wildman–Crippen MR) is 67.2 cm³/mol. The number of pyridine rings is 1. The molecule has 0 aliphatic carbocycles. The van der Waals surface area contributed by atoms with Crippen molar-refractivity contribution in [1.82, 2.24) is 9.88 Å². The molecule has 0 aromatic carbocycles. The van der Waals surface area contributed by atoms with Crippen molar-refractivity contribution in [1.29, 1.82) is 0 Å². The molecular weight excluding hydrogens is 218 g/mol. The highest BCUT2D eigenvalue weighted by Crippen LogP contribution is 2.09. The van der Waals surface area contributed by atoms with Crippen molar-refractivity contribution in [2.24, 2.45) is 0 Å². The third-order valence-electron chi connectivity index (χ3n) is 2.34. The summed E-state index contributed by atoms with van der Waals surface area (Å²) in [5, 5.41) is 9.22. The van der Waals surface area contributed by atoms with E-state index >= 15 is 0 Å². The zero-order valence-corrected chi connectivity index (χ0v) is 10.7. The first-order valence-corrected chi connectivity index (χ1v) is 5.48. The molecule has 1 unspecified atom stereocenters. The van der Waals surface area contributed by atoms with Gasteiger partial charge in [-0.15, -0.1) is 0 Å². The molecule has 1 N–H and O–H groups in total. The molecule has 5 heteroatoms. The maximum atomic E-state index is 11.9. The van der Waals surface area contributed by atoms with Crippen LogP contribution in [-0.4, -0.2) is 54.7 Å². The summed E-state index contributed by atoms with van der Waals surface area (Å²) in [6.45, 7) is 1.96. The average molecular weight is 237 g/mol. The minimum Gasteiger partial charge on any atom is -0.392 e. The number of aliphatic hydroxyl groups excluding tert-OH is 1. The molecule has 1 aromatic rings. The number of carbonyl (C=O) groups is 1. The lowest BCUT2D eigenvalue weighted by Crippen LogP contribution is -2.33. The number of anilines is 1. The van der Waals surface area contributed by atoms with Gasteiger partial charge in [0.1, 0.15) is 5.82 Å². The third kappa shape index (κ3) is 3.71. The molecule has 1 heterocycles. The molecule has 0 aliphatic heterocycles. The van der Waals surface area contributed by atoms with Gasteiger partial charge in [0.2, 0.25) is 0 Å². The molecule has 1 aromatic heterocycles. The number of aliphatic hydroxyl groups is 1. The minimum absolute atomic E-state index is 0.135. The molecule has 0 radical (unpaired) electrons. The van der Waals surface area contributed by atoms with Gasteiger partial charge < -0.3 is 14.9 Å². The zero-order valence-electron chi connectivity index (χ0n) is 10.7. The fourth-order valence-electron chi connectivity index (χ4n) is 1.48. The van der Waals surface area contributed by atoms with Crippen LogP contribution in [0.25, 0.3) is 0 Å². The largest absolute Gasteiger partial charge is 0.392 e. The minimum atomic E-state index is -0.530. The lowest BCUT2D eigenvalue weighted by Gasteiger charge is -2.19. The van der Waals surface area contributed by atoms with Gasteiger partial charge in [-0.1, -0.05) is 0 Å². The normalized spacial score (nSPS) is 12.1. The Morgan fingerprint density at radius 1 is 1.41 bits per heavy atom. The van der Waals surface area contributed by atoms with Gasteiger partial charge >= 0.3 is 0 Å². The van der Waals surface area contributed by atoms with Crippen LogP contribution in [0.4, 0.5) is 5.82 Å². The summed E-state index contributed by atoms with van der Waals surface area (Å²) >= 11 is 0. The van der Waals surface area contributed by atoms with E-state index in [-0.39, 0.29) is 5.91 Å². The van der Waals surface area contributed by atoms with Crippen LogP contribution in [0.3, 0.4) is 0 Å². The van der Waals surface area contributed by atoms with Gasteiger partial charge in [0.25, 0.3) is 5.91 Å². The highest BCUT2D eigenvalue weighted by Gasteiger charge is 2.13. The Morgan fingerprint density at radius 3 is 2.47 bits per heavy atom.